The number of thiazole rings is 1. The Morgan fingerprint density at radius 1 is 0.980 bits per heavy atom. The summed E-state index contributed by atoms with van der Waals surface area (Å²) >= 11 is 1.58. The van der Waals surface area contributed by atoms with Crippen LogP contribution in [0.1, 0.15) is 44.9 Å². The molecule has 1 aliphatic rings. The van der Waals surface area contributed by atoms with E-state index < -0.39 is 29.5 Å². The van der Waals surface area contributed by atoms with E-state index in [-0.39, 0.29) is 51.0 Å². The van der Waals surface area contributed by atoms with Crippen LogP contribution in [0.3, 0.4) is 0 Å². The van der Waals surface area contributed by atoms with Crippen LogP contribution in [0.5, 0.6) is 0 Å². The molecule has 1 saturated heterocycles. The van der Waals surface area contributed by atoms with E-state index in [2.05, 4.69) is 21.5 Å². The van der Waals surface area contributed by atoms with Gasteiger partial charge in [0.15, 0.2) is 0 Å². The number of carbonyl (C=O) groups is 3. The lowest BCUT2D eigenvalue weighted by Crippen LogP contribution is -2.57. The van der Waals surface area contributed by atoms with Crippen molar-refractivity contribution in [2.45, 2.75) is 65.3 Å². The smallest absolute Gasteiger partial charge is 0.246 e. The predicted molar refractivity (Wildman–Crippen MR) is 189 cm³/mol. The van der Waals surface area contributed by atoms with Gasteiger partial charge in [-0.15, -0.1) is 17.8 Å². The Morgan fingerprint density at radius 3 is 2.10 bits per heavy atom. The highest BCUT2D eigenvalue weighted by Gasteiger charge is 2.44. The minimum atomic E-state index is -0.908. The Labute approximate surface area is 299 Å². The lowest BCUT2D eigenvalue weighted by atomic mass is 9.85. The second kappa shape index (κ2) is 21.7. The molecule has 3 amide bonds. The molecule has 3 N–H and O–H groups in total. The molecular formula is C36H52N4O9S. The maximum atomic E-state index is 13.8. The molecule has 50 heavy (non-hydrogen) atoms. The summed E-state index contributed by atoms with van der Waals surface area (Å²) < 4.78 is 26.9. The Hall–Kier alpha value is -3.42. The summed E-state index contributed by atoms with van der Waals surface area (Å²) in [5.74, 6) is 1.27. The number of aryl methyl sites for hydroxylation is 1. The van der Waals surface area contributed by atoms with Gasteiger partial charge in [0.1, 0.15) is 18.7 Å². The Bertz CT molecular complexity index is 1370. The van der Waals surface area contributed by atoms with Crippen LogP contribution in [0.15, 0.2) is 29.8 Å². The van der Waals surface area contributed by atoms with Gasteiger partial charge in [-0.3, -0.25) is 14.4 Å². The molecule has 3 rings (SSSR count). The van der Waals surface area contributed by atoms with Crippen molar-refractivity contribution in [1.82, 2.24) is 20.5 Å². The molecule has 2 aromatic rings. The number of amides is 3. The van der Waals surface area contributed by atoms with Gasteiger partial charge in [-0.2, -0.15) is 0 Å². The standard InChI is InChI=1S/C36H52N4O9S/c1-6-12-45-14-16-47-18-20-49-21-19-48-17-15-46-13-11-31(42)39-33(36(3,4)5)35(44)40-24-29(41)22-30(40)34(43)37-23-27-7-9-28(10-8-27)32-26(2)38-25-50-32/h1,7-10,25,29-30,33,41H,11-24H2,2-5H3,(H,37,43)(H,39,42)/t29-,30+,33?/m1/s1. The van der Waals surface area contributed by atoms with Crippen molar-refractivity contribution in [2.75, 3.05) is 72.6 Å². The minimum absolute atomic E-state index is 0.00729. The van der Waals surface area contributed by atoms with Crippen LogP contribution < -0.4 is 10.6 Å². The number of aliphatic hydroxyl groups excluding tert-OH is 1. The lowest BCUT2D eigenvalue weighted by molar-refractivity contribution is -0.144. The highest BCUT2D eigenvalue weighted by Crippen LogP contribution is 2.28. The number of benzene rings is 1. The third-order valence-corrected chi connectivity index (χ3v) is 8.84. The largest absolute Gasteiger partial charge is 0.391 e. The molecular weight excluding hydrogens is 664 g/mol. The van der Waals surface area contributed by atoms with Crippen LogP contribution in [0, 0.1) is 24.7 Å². The fraction of sp³-hybridized carbons (Fsp3) is 0.611. The first-order valence-electron chi connectivity index (χ1n) is 16.9. The SMILES string of the molecule is C#CCOCCOCCOCCOCCOCCC(=O)NC(C(=O)N1C[C@H](O)C[C@H]1C(=O)NCc1ccc(-c2scnc2C)cc1)C(C)(C)C. The maximum Gasteiger partial charge on any atom is 0.246 e. The van der Waals surface area contributed by atoms with Gasteiger partial charge >= 0.3 is 0 Å². The van der Waals surface area contributed by atoms with Crippen LogP contribution in [-0.2, 0) is 44.6 Å². The zero-order chi connectivity index (χ0) is 36.4. The third kappa shape index (κ3) is 14.1. The summed E-state index contributed by atoms with van der Waals surface area (Å²) in [6.07, 6.45) is 4.41. The summed E-state index contributed by atoms with van der Waals surface area (Å²) in [7, 11) is 0. The average Bonchev–Trinajstić information content (AvgIpc) is 3.70. The number of aromatic nitrogens is 1. The fourth-order valence-corrected chi connectivity index (χ4v) is 6.00. The number of likely N-dealkylation sites (tertiary alicyclic amines) is 1. The van der Waals surface area contributed by atoms with Crippen LogP contribution in [0.2, 0.25) is 0 Å². The Morgan fingerprint density at radius 2 is 1.56 bits per heavy atom. The van der Waals surface area contributed by atoms with Crippen LogP contribution in [0.4, 0.5) is 0 Å². The molecule has 13 nitrogen and oxygen atoms in total. The summed E-state index contributed by atoms with van der Waals surface area (Å²) in [4.78, 5) is 46.7. The molecule has 1 aromatic heterocycles. The number of hydrogen-bond donors (Lipinski definition) is 3. The van der Waals surface area contributed by atoms with Gasteiger partial charge in [0.25, 0.3) is 0 Å². The van der Waals surface area contributed by atoms with Gasteiger partial charge in [-0.25, -0.2) is 4.98 Å². The number of nitrogens with one attached hydrogen (secondary N) is 2. The van der Waals surface area contributed by atoms with E-state index in [1.165, 1.54) is 4.90 Å². The summed E-state index contributed by atoms with van der Waals surface area (Å²) in [5.41, 5.74) is 4.09. The van der Waals surface area contributed by atoms with Gasteiger partial charge < -0.3 is 44.3 Å². The monoisotopic (exact) mass is 716 g/mol. The number of nitrogens with zero attached hydrogens (tertiary/aromatic N) is 2. The highest BCUT2D eigenvalue weighted by molar-refractivity contribution is 7.13. The molecule has 1 aliphatic heterocycles. The predicted octanol–water partition coefficient (Wildman–Crippen LogP) is 2.33. The highest BCUT2D eigenvalue weighted by atomic mass is 32.1. The molecule has 14 heteroatoms. The van der Waals surface area contributed by atoms with Gasteiger partial charge in [-0.05, 0) is 23.5 Å². The molecule has 276 valence electrons. The minimum Gasteiger partial charge on any atom is -0.391 e. The van der Waals surface area contributed by atoms with Crippen molar-refractivity contribution >= 4 is 29.1 Å². The lowest BCUT2D eigenvalue weighted by Gasteiger charge is -2.35. The first-order valence-corrected chi connectivity index (χ1v) is 17.8. The van der Waals surface area contributed by atoms with E-state index >= 15 is 0 Å². The summed E-state index contributed by atoms with van der Waals surface area (Å²) in [6.45, 7) is 11.5. The Kier molecular flexibility index (Phi) is 17.8. The molecule has 0 spiro atoms. The molecule has 0 bridgehead atoms. The van der Waals surface area contributed by atoms with E-state index in [9.17, 15) is 19.5 Å². The summed E-state index contributed by atoms with van der Waals surface area (Å²) in [5, 5.41) is 16.2. The van der Waals surface area contributed by atoms with Gasteiger partial charge in [0.05, 0.1) is 81.6 Å². The zero-order valence-electron chi connectivity index (χ0n) is 29.6. The first kappa shape index (κ1) is 41.0. The number of carbonyl (C=O) groups excluding carboxylic acids is 3. The average molecular weight is 717 g/mol. The molecule has 1 fully saturated rings. The molecule has 3 atom stereocenters. The summed E-state index contributed by atoms with van der Waals surface area (Å²) in [6, 6.07) is 6.11. The Balaban J connectivity index is 1.36. The van der Waals surface area contributed by atoms with Crippen molar-refractivity contribution in [2.24, 2.45) is 5.41 Å². The van der Waals surface area contributed by atoms with Crippen LogP contribution in [0.25, 0.3) is 10.4 Å². The van der Waals surface area contributed by atoms with Crippen molar-refractivity contribution < 1.29 is 43.2 Å². The normalized spacial score (nSPS) is 16.6. The van der Waals surface area contributed by atoms with E-state index in [1.807, 2.05) is 57.5 Å². The van der Waals surface area contributed by atoms with E-state index in [4.69, 9.17) is 30.1 Å². The van der Waals surface area contributed by atoms with Crippen molar-refractivity contribution in [1.29, 1.82) is 0 Å². The van der Waals surface area contributed by atoms with Crippen LogP contribution in [-0.4, -0.2) is 124 Å². The molecule has 0 aliphatic carbocycles. The number of rotatable bonds is 22. The van der Waals surface area contributed by atoms with Gasteiger partial charge in [0, 0.05) is 25.9 Å². The molecule has 1 unspecified atom stereocenters. The van der Waals surface area contributed by atoms with E-state index in [0.717, 1.165) is 21.7 Å². The van der Waals surface area contributed by atoms with Gasteiger partial charge in [0.2, 0.25) is 17.7 Å². The second-order valence-corrected chi connectivity index (χ2v) is 13.8. The number of β-amino-alcohol motifs (C(OH)–C–C–N with tert-alkyl or cyclic N) is 1. The topological polar surface area (TPSA) is 158 Å². The van der Waals surface area contributed by atoms with Crippen molar-refractivity contribution in [3.05, 3.63) is 41.0 Å². The van der Waals surface area contributed by atoms with Crippen molar-refractivity contribution in [3.63, 3.8) is 0 Å². The van der Waals surface area contributed by atoms with E-state index in [1.54, 1.807) is 11.3 Å². The van der Waals surface area contributed by atoms with Crippen molar-refractivity contribution in [3.8, 4) is 22.8 Å². The fourth-order valence-electron chi connectivity index (χ4n) is 5.19. The molecule has 2 heterocycles. The first-order chi connectivity index (χ1) is 24.0. The third-order valence-electron chi connectivity index (χ3n) is 7.86. The number of ether oxygens (including phenoxy) is 5. The quantitative estimate of drug-likeness (QED) is 0.122. The molecule has 1 aromatic carbocycles. The molecule has 0 saturated carbocycles. The van der Waals surface area contributed by atoms with E-state index in [0.29, 0.717) is 52.9 Å². The number of aliphatic hydroxyl groups is 1. The maximum absolute atomic E-state index is 13.8. The number of terminal acetylenes is 1. The second-order valence-electron chi connectivity index (χ2n) is 12.9. The zero-order valence-corrected chi connectivity index (χ0v) is 30.4. The van der Waals surface area contributed by atoms with Gasteiger partial charge in [-0.1, -0.05) is 51.0 Å². The molecule has 0 radical (unpaired) electrons. The number of hydrogen-bond acceptors (Lipinski definition) is 11. The van der Waals surface area contributed by atoms with Crippen LogP contribution >= 0.6 is 11.3 Å².